The topological polar surface area (TPSA) is 89.9 Å². The number of para-hydroxylation sites is 1. The number of pyridine rings is 1. The molecule has 4 aliphatic heterocycles. The first kappa shape index (κ1) is 23.3. The van der Waals surface area contributed by atoms with E-state index in [1.165, 1.54) is 6.07 Å². The van der Waals surface area contributed by atoms with Crippen LogP contribution in [-0.4, -0.2) is 47.5 Å². The van der Waals surface area contributed by atoms with Gasteiger partial charge in [0, 0.05) is 68.2 Å². The molecule has 1 spiro atoms. The molecular formula is C29H29N3O5. The van der Waals surface area contributed by atoms with Gasteiger partial charge in [0.05, 0.1) is 6.61 Å². The highest BCUT2D eigenvalue weighted by atomic mass is 16.5. The molecule has 0 aliphatic carbocycles. The number of nitrogens with one attached hydrogen (secondary N) is 1. The second-order valence-electron chi connectivity index (χ2n) is 10.2. The molecule has 6 bridgehead atoms. The number of carbonyl (C=O) groups is 2. The summed E-state index contributed by atoms with van der Waals surface area (Å²) in [5.41, 5.74) is 1.45. The highest BCUT2D eigenvalue weighted by Gasteiger charge is 2.53. The van der Waals surface area contributed by atoms with Crippen LogP contribution in [0.15, 0.2) is 71.7 Å². The zero-order chi connectivity index (χ0) is 25.4. The Labute approximate surface area is 214 Å². The molecule has 4 aliphatic rings. The zero-order valence-electron chi connectivity index (χ0n) is 20.5. The van der Waals surface area contributed by atoms with Crippen LogP contribution in [0, 0.1) is 5.41 Å². The van der Waals surface area contributed by atoms with Crippen molar-refractivity contribution >= 4 is 11.8 Å². The second-order valence-corrected chi connectivity index (χ2v) is 10.2. The van der Waals surface area contributed by atoms with Gasteiger partial charge in [-0.05, 0) is 36.2 Å². The van der Waals surface area contributed by atoms with Gasteiger partial charge in [0.2, 0.25) is 11.8 Å². The Balaban J connectivity index is 1.31. The highest BCUT2D eigenvalue weighted by Crippen LogP contribution is 2.52. The van der Waals surface area contributed by atoms with Crippen LogP contribution < -0.4 is 20.3 Å². The summed E-state index contributed by atoms with van der Waals surface area (Å²) in [7, 11) is 0. The summed E-state index contributed by atoms with van der Waals surface area (Å²) >= 11 is 0. The van der Waals surface area contributed by atoms with Gasteiger partial charge in [-0.3, -0.25) is 14.4 Å². The van der Waals surface area contributed by atoms with Crippen LogP contribution in [0.3, 0.4) is 0 Å². The van der Waals surface area contributed by atoms with Crippen molar-refractivity contribution in [2.45, 2.75) is 31.7 Å². The molecule has 3 aromatic rings. The molecule has 8 nitrogen and oxygen atoms in total. The smallest absolute Gasteiger partial charge is 0.250 e. The molecule has 5 heterocycles. The summed E-state index contributed by atoms with van der Waals surface area (Å²) in [4.78, 5) is 40.0. The van der Waals surface area contributed by atoms with Crippen LogP contribution in [0.4, 0.5) is 0 Å². The molecule has 1 aromatic heterocycles. The van der Waals surface area contributed by atoms with E-state index in [1.54, 1.807) is 22.9 Å². The van der Waals surface area contributed by atoms with Crippen LogP contribution in [-0.2, 0) is 22.6 Å². The largest absolute Gasteiger partial charge is 0.489 e. The van der Waals surface area contributed by atoms with E-state index in [0.29, 0.717) is 62.9 Å². The van der Waals surface area contributed by atoms with Gasteiger partial charge in [0.15, 0.2) is 11.5 Å². The first-order valence-electron chi connectivity index (χ1n) is 12.7. The number of hydrogen-bond acceptors (Lipinski definition) is 5. The first-order chi connectivity index (χ1) is 18.0. The van der Waals surface area contributed by atoms with Gasteiger partial charge < -0.3 is 24.3 Å². The van der Waals surface area contributed by atoms with Gasteiger partial charge in [0.1, 0.15) is 5.75 Å². The minimum atomic E-state index is -0.445. The molecule has 8 heteroatoms. The normalized spacial score (nSPS) is 22.3. The summed E-state index contributed by atoms with van der Waals surface area (Å²) in [5.74, 6) is 1.99. The van der Waals surface area contributed by atoms with Crippen LogP contribution in [0.2, 0.25) is 0 Å². The first-order valence-corrected chi connectivity index (χ1v) is 12.7. The molecule has 1 saturated heterocycles. The van der Waals surface area contributed by atoms with Gasteiger partial charge in [-0.15, -0.1) is 0 Å². The average molecular weight is 500 g/mol. The van der Waals surface area contributed by atoms with Crippen molar-refractivity contribution in [3.63, 3.8) is 0 Å². The van der Waals surface area contributed by atoms with Crippen LogP contribution in [0.1, 0.15) is 29.9 Å². The summed E-state index contributed by atoms with van der Waals surface area (Å²) < 4.78 is 14.1. The fourth-order valence-electron chi connectivity index (χ4n) is 5.75. The minimum Gasteiger partial charge on any atom is -0.489 e. The lowest BCUT2D eigenvalue weighted by molar-refractivity contribution is -0.130. The van der Waals surface area contributed by atoms with Crippen LogP contribution in [0.25, 0.3) is 0 Å². The Hall–Kier alpha value is -4.07. The molecule has 0 unspecified atom stereocenters. The lowest BCUT2D eigenvalue weighted by Crippen LogP contribution is -2.48. The summed E-state index contributed by atoms with van der Waals surface area (Å²) in [6, 6.07) is 18.6. The van der Waals surface area contributed by atoms with E-state index in [4.69, 9.17) is 9.47 Å². The fourth-order valence-corrected chi connectivity index (χ4v) is 5.75. The number of rotatable bonds is 3. The summed E-state index contributed by atoms with van der Waals surface area (Å²) in [6.45, 7) is 2.11. The van der Waals surface area contributed by atoms with Crippen molar-refractivity contribution in [2.24, 2.45) is 5.41 Å². The van der Waals surface area contributed by atoms with Gasteiger partial charge in [-0.1, -0.05) is 30.3 Å². The van der Waals surface area contributed by atoms with E-state index in [-0.39, 0.29) is 29.7 Å². The number of fused-ring (bicyclic) bond motifs is 5. The molecule has 2 atom stereocenters. The Morgan fingerprint density at radius 1 is 1.05 bits per heavy atom. The van der Waals surface area contributed by atoms with Crippen LogP contribution in [0.5, 0.6) is 17.2 Å². The van der Waals surface area contributed by atoms with Gasteiger partial charge >= 0.3 is 0 Å². The fraction of sp³-hybridized carbons (Fsp3) is 0.345. The second kappa shape index (κ2) is 9.42. The van der Waals surface area contributed by atoms with E-state index < -0.39 is 5.41 Å². The molecule has 2 aromatic carbocycles. The Morgan fingerprint density at radius 3 is 2.84 bits per heavy atom. The number of benzene rings is 2. The number of likely N-dealkylation sites (tertiary alicyclic amines) is 1. The number of aryl methyl sites for hydroxylation is 2. The predicted molar refractivity (Wildman–Crippen MR) is 137 cm³/mol. The van der Waals surface area contributed by atoms with E-state index in [2.05, 4.69) is 5.32 Å². The standard InChI is InChI=1S/C29H29N3O5/c33-25-11-10-20-5-3-6-21(15-20)37-24-8-4-7-22-23-16-32(18-29(23,17-30-25)19-36-28(22)24)27(35)12-14-31-13-2-1-9-26(31)34/h1-9,13,15,23H,10-12,14,16-19H2,(H,30,33)/t23-,29+/m1/s1. The third kappa shape index (κ3) is 4.48. The Bertz CT molecular complexity index is 1420. The third-order valence-electron chi connectivity index (χ3n) is 7.76. The maximum atomic E-state index is 13.3. The molecule has 7 rings (SSSR count). The summed E-state index contributed by atoms with van der Waals surface area (Å²) in [5, 5.41) is 3.14. The number of nitrogens with zero attached hydrogens (tertiary/aromatic N) is 2. The van der Waals surface area contributed by atoms with Gasteiger partial charge in [-0.25, -0.2) is 0 Å². The van der Waals surface area contributed by atoms with Crippen LogP contribution >= 0.6 is 0 Å². The van der Waals surface area contributed by atoms with Crippen molar-refractivity contribution in [3.05, 3.63) is 88.3 Å². The van der Waals surface area contributed by atoms with Gasteiger partial charge in [0.25, 0.3) is 5.56 Å². The molecule has 0 saturated carbocycles. The highest BCUT2D eigenvalue weighted by molar-refractivity contribution is 5.78. The van der Waals surface area contributed by atoms with E-state index >= 15 is 0 Å². The maximum absolute atomic E-state index is 13.3. The molecule has 0 radical (unpaired) electrons. The molecular weight excluding hydrogens is 470 g/mol. The monoisotopic (exact) mass is 499 g/mol. The number of carbonyl (C=O) groups excluding carboxylic acids is 2. The molecule has 1 fully saturated rings. The molecule has 37 heavy (non-hydrogen) atoms. The molecule has 1 N–H and O–H groups in total. The predicted octanol–water partition coefficient (Wildman–Crippen LogP) is 3.10. The van der Waals surface area contributed by atoms with Crippen molar-refractivity contribution in [1.82, 2.24) is 14.8 Å². The average Bonchev–Trinajstić information content (AvgIpc) is 3.31. The number of ether oxygens (including phenoxy) is 2. The van der Waals surface area contributed by atoms with E-state index in [1.807, 2.05) is 47.4 Å². The molecule has 190 valence electrons. The zero-order valence-corrected chi connectivity index (χ0v) is 20.5. The third-order valence-corrected chi connectivity index (χ3v) is 7.76. The molecule has 2 amide bonds. The Morgan fingerprint density at radius 2 is 1.95 bits per heavy atom. The quantitative estimate of drug-likeness (QED) is 0.598. The Kier molecular flexibility index (Phi) is 5.94. The van der Waals surface area contributed by atoms with E-state index in [9.17, 15) is 14.4 Å². The number of hydrogen-bond donors (Lipinski definition) is 1. The summed E-state index contributed by atoms with van der Waals surface area (Å²) in [6.07, 6.45) is 2.91. The van der Waals surface area contributed by atoms with Crippen molar-refractivity contribution in [1.29, 1.82) is 0 Å². The number of amides is 2. The SMILES string of the molecule is O=C1CCc2cccc(c2)Oc2cccc3c2OC[C@]2(CN1)CN(C(=O)CCn1ccccc1=O)C[C@H]32. The lowest BCUT2D eigenvalue weighted by atomic mass is 9.73. The van der Waals surface area contributed by atoms with E-state index in [0.717, 1.165) is 11.1 Å². The van der Waals surface area contributed by atoms with Gasteiger partial charge in [-0.2, -0.15) is 0 Å². The van der Waals surface area contributed by atoms with Crippen molar-refractivity contribution in [2.75, 3.05) is 26.2 Å². The van der Waals surface area contributed by atoms with Crippen molar-refractivity contribution in [3.8, 4) is 17.2 Å². The maximum Gasteiger partial charge on any atom is 0.250 e. The minimum absolute atomic E-state index is 0.0150. The number of aromatic nitrogens is 1. The lowest BCUT2D eigenvalue weighted by Gasteiger charge is -2.39. The van der Waals surface area contributed by atoms with Crippen molar-refractivity contribution < 1.29 is 19.1 Å².